The van der Waals surface area contributed by atoms with Crippen LogP contribution in [0.2, 0.25) is 0 Å². The predicted octanol–water partition coefficient (Wildman–Crippen LogP) is 8.82. The summed E-state index contributed by atoms with van der Waals surface area (Å²) < 4.78 is 0. The first-order valence-electron chi connectivity index (χ1n) is 13.7. The number of imidazole rings is 2. The fourth-order valence-corrected chi connectivity index (χ4v) is 6.20. The Balaban J connectivity index is 1.37. The Morgan fingerprint density at radius 2 is 1.69 bits per heavy atom. The van der Waals surface area contributed by atoms with E-state index in [4.69, 9.17) is 9.97 Å². The number of hydrogen-bond donors (Lipinski definition) is 2. The minimum atomic E-state index is 0.382. The molecule has 0 fully saturated rings. The highest BCUT2D eigenvalue weighted by Gasteiger charge is 2.22. The second-order valence-corrected chi connectivity index (χ2v) is 10.9. The Morgan fingerprint density at radius 3 is 2.49 bits per heavy atom. The summed E-state index contributed by atoms with van der Waals surface area (Å²) in [6.45, 7) is 12.3. The van der Waals surface area contributed by atoms with Gasteiger partial charge in [-0.2, -0.15) is 0 Å². The number of hydrogen-bond acceptors (Lipinski definition) is 3. The van der Waals surface area contributed by atoms with Crippen molar-refractivity contribution < 1.29 is 0 Å². The van der Waals surface area contributed by atoms with Crippen LogP contribution in [0.1, 0.15) is 55.0 Å². The molecule has 5 heteroatoms. The lowest BCUT2D eigenvalue weighted by atomic mass is 9.83. The van der Waals surface area contributed by atoms with Gasteiger partial charge in [-0.25, -0.2) is 9.97 Å². The standard InChI is InChI=1S/C34H31N5/c1-6-7-27-30(35-5)28-17-21(9-12-26(28)32-33(27)37-19(4)36-32)20-8-11-23-22(16-20)10-13-25-24(23)14-15-29-31(25)39-34(38-29)18(2)3/h6-9,11-12,14-18H,5,10,13H2,1-4H3,(H,36,37)(H,38,39)/b7-6-. The van der Waals surface area contributed by atoms with E-state index in [2.05, 4.69) is 90.1 Å². The van der Waals surface area contributed by atoms with Crippen LogP contribution in [0, 0.1) is 6.92 Å². The van der Waals surface area contributed by atoms with Crippen molar-refractivity contribution in [2.45, 2.75) is 46.5 Å². The van der Waals surface area contributed by atoms with E-state index in [0.29, 0.717) is 5.92 Å². The molecule has 0 bridgehead atoms. The molecule has 7 rings (SSSR count). The van der Waals surface area contributed by atoms with Crippen molar-refractivity contribution in [3.63, 3.8) is 0 Å². The third-order valence-corrected chi connectivity index (χ3v) is 8.07. The number of aromatic amines is 2. The lowest BCUT2D eigenvalue weighted by Gasteiger charge is -2.21. The van der Waals surface area contributed by atoms with E-state index in [1.54, 1.807) is 0 Å². The lowest BCUT2D eigenvalue weighted by molar-refractivity contribution is 0.798. The zero-order valence-electron chi connectivity index (χ0n) is 22.8. The first-order valence-corrected chi connectivity index (χ1v) is 13.7. The third-order valence-electron chi connectivity index (χ3n) is 8.07. The molecule has 0 amide bonds. The van der Waals surface area contributed by atoms with Gasteiger partial charge < -0.3 is 9.97 Å². The molecule has 5 nitrogen and oxygen atoms in total. The molecule has 0 saturated carbocycles. The Kier molecular flexibility index (Phi) is 5.31. The summed E-state index contributed by atoms with van der Waals surface area (Å²) in [6, 6.07) is 18.0. The molecule has 2 aromatic heterocycles. The maximum absolute atomic E-state index is 4.97. The first-order chi connectivity index (χ1) is 19.0. The largest absolute Gasteiger partial charge is 0.342 e. The quantitative estimate of drug-likeness (QED) is 0.233. The van der Waals surface area contributed by atoms with Crippen LogP contribution in [-0.2, 0) is 12.8 Å². The predicted molar refractivity (Wildman–Crippen MR) is 164 cm³/mol. The molecule has 4 aromatic carbocycles. The van der Waals surface area contributed by atoms with Gasteiger partial charge >= 0.3 is 0 Å². The Hall–Kier alpha value is -4.51. The number of aliphatic imine (C=N–C) groups is 1. The molecule has 0 saturated heterocycles. The van der Waals surface area contributed by atoms with Crippen LogP contribution in [0.4, 0.5) is 5.69 Å². The maximum Gasteiger partial charge on any atom is 0.109 e. The normalized spacial score (nSPS) is 13.2. The van der Waals surface area contributed by atoms with Gasteiger partial charge in [0.1, 0.15) is 11.6 Å². The average Bonchev–Trinajstić information content (AvgIpc) is 3.56. The molecule has 1 aliphatic carbocycles. The van der Waals surface area contributed by atoms with Gasteiger partial charge in [-0.1, -0.05) is 62.4 Å². The lowest BCUT2D eigenvalue weighted by Crippen LogP contribution is -2.05. The number of rotatable bonds is 4. The van der Waals surface area contributed by atoms with E-state index >= 15 is 0 Å². The van der Waals surface area contributed by atoms with Crippen LogP contribution >= 0.6 is 0 Å². The summed E-state index contributed by atoms with van der Waals surface area (Å²) in [6.07, 6.45) is 6.11. The van der Waals surface area contributed by atoms with Gasteiger partial charge in [0.15, 0.2) is 0 Å². The van der Waals surface area contributed by atoms with E-state index in [9.17, 15) is 0 Å². The Bertz CT molecular complexity index is 1980. The number of H-pyrrole nitrogens is 2. The highest BCUT2D eigenvalue weighted by molar-refractivity contribution is 6.15. The summed E-state index contributed by atoms with van der Waals surface area (Å²) in [5, 5.41) is 2.19. The first kappa shape index (κ1) is 23.6. The van der Waals surface area contributed by atoms with Crippen molar-refractivity contribution in [2.75, 3.05) is 0 Å². The number of aryl methyl sites for hydroxylation is 3. The summed E-state index contributed by atoms with van der Waals surface area (Å²) in [4.78, 5) is 21.2. The highest BCUT2D eigenvalue weighted by Crippen LogP contribution is 2.42. The van der Waals surface area contributed by atoms with Crippen LogP contribution in [0.25, 0.3) is 61.2 Å². The average molecular weight is 510 g/mol. The van der Waals surface area contributed by atoms with E-state index in [1.807, 2.05) is 19.9 Å². The van der Waals surface area contributed by atoms with Crippen LogP contribution in [-0.4, -0.2) is 26.7 Å². The molecule has 2 heterocycles. The molecule has 0 unspecified atom stereocenters. The number of nitrogens with one attached hydrogen (secondary N) is 2. The zero-order valence-corrected chi connectivity index (χ0v) is 22.8. The van der Waals surface area contributed by atoms with Crippen molar-refractivity contribution in [1.29, 1.82) is 0 Å². The fraction of sp³-hybridized carbons (Fsp3) is 0.206. The van der Waals surface area contributed by atoms with Crippen molar-refractivity contribution in [1.82, 2.24) is 19.9 Å². The molecule has 0 spiro atoms. The van der Waals surface area contributed by atoms with Crippen molar-refractivity contribution in [3.8, 4) is 22.3 Å². The second kappa shape index (κ2) is 8.77. The summed E-state index contributed by atoms with van der Waals surface area (Å²) in [5.41, 5.74) is 13.9. The molecule has 0 atom stereocenters. The number of fused-ring (bicyclic) bond motifs is 8. The molecule has 0 aliphatic heterocycles. The van der Waals surface area contributed by atoms with Crippen molar-refractivity contribution in [2.24, 2.45) is 4.99 Å². The number of allylic oxidation sites excluding steroid dienone is 1. The van der Waals surface area contributed by atoms with Gasteiger partial charge in [0.25, 0.3) is 0 Å². The monoisotopic (exact) mass is 509 g/mol. The van der Waals surface area contributed by atoms with Gasteiger partial charge in [-0.15, -0.1) is 0 Å². The molecule has 1 aliphatic rings. The SMILES string of the molecule is C=Nc1c(/C=C\C)c2nc(C)[nH]c2c2ccc(-c3ccc4c(c3)CCc3c-4ccc4[nH]c(C(C)C)nc34)cc12. The van der Waals surface area contributed by atoms with Gasteiger partial charge in [0.2, 0.25) is 0 Å². The number of nitrogens with zero attached hydrogens (tertiary/aromatic N) is 3. The van der Waals surface area contributed by atoms with E-state index in [0.717, 1.165) is 68.6 Å². The van der Waals surface area contributed by atoms with Crippen LogP contribution < -0.4 is 0 Å². The van der Waals surface area contributed by atoms with Crippen LogP contribution in [0.3, 0.4) is 0 Å². The van der Waals surface area contributed by atoms with E-state index in [1.165, 1.54) is 33.4 Å². The molecular weight excluding hydrogens is 478 g/mol. The number of benzene rings is 4. The van der Waals surface area contributed by atoms with Gasteiger partial charge in [0.05, 0.1) is 27.8 Å². The summed E-state index contributed by atoms with van der Waals surface area (Å²) >= 11 is 0. The van der Waals surface area contributed by atoms with E-state index in [-0.39, 0.29) is 0 Å². The van der Waals surface area contributed by atoms with Crippen LogP contribution in [0.15, 0.2) is 59.6 Å². The smallest absolute Gasteiger partial charge is 0.109 e. The topological polar surface area (TPSA) is 69.7 Å². The molecule has 192 valence electrons. The molecule has 6 aromatic rings. The minimum absolute atomic E-state index is 0.382. The molecule has 2 N–H and O–H groups in total. The van der Waals surface area contributed by atoms with Gasteiger partial charge in [0, 0.05) is 22.3 Å². The highest BCUT2D eigenvalue weighted by atomic mass is 14.9. The summed E-state index contributed by atoms with van der Waals surface area (Å²) in [5.74, 6) is 2.34. The minimum Gasteiger partial charge on any atom is -0.342 e. The Labute approximate surface area is 227 Å². The summed E-state index contributed by atoms with van der Waals surface area (Å²) in [7, 11) is 0. The van der Waals surface area contributed by atoms with Crippen molar-refractivity contribution >= 4 is 51.3 Å². The van der Waals surface area contributed by atoms with Crippen molar-refractivity contribution in [3.05, 3.63) is 82.9 Å². The number of aromatic nitrogens is 4. The zero-order chi connectivity index (χ0) is 26.8. The fourth-order valence-electron chi connectivity index (χ4n) is 6.20. The van der Waals surface area contributed by atoms with Gasteiger partial charge in [-0.3, -0.25) is 4.99 Å². The maximum atomic E-state index is 4.97. The second-order valence-electron chi connectivity index (χ2n) is 10.9. The molecule has 0 radical (unpaired) electrons. The van der Waals surface area contributed by atoms with E-state index < -0.39 is 0 Å². The molecular formula is C34H31N5. The van der Waals surface area contributed by atoms with Crippen LogP contribution in [0.5, 0.6) is 0 Å². The Morgan fingerprint density at radius 1 is 0.897 bits per heavy atom. The van der Waals surface area contributed by atoms with Gasteiger partial charge in [-0.05, 0) is 78.9 Å². The third kappa shape index (κ3) is 3.57. The molecule has 39 heavy (non-hydrogen) atoms.